The number of hydrogen-bond donors (Lipinski definition) is 1. The summed E-state index contributed by atoms with van der Waals surface area (Å²) >= 11 is 3.79. The van der Waals surface area contributed by atoms with Crippen LogP contribution in [0.5, 0.6) is 0 Å². The lowest BCUT2D eigenvalue weighted by Gasteiger charge is -2.14. The van der Waals surface area contributed by atoms with Gasteiger partial charge >= 0.3 is 0 Å². The van der Waals surface area contributed by atoms with Crippen molar-refractivity contribution >= 4 is 44.9 Å². The molecule has 2 heterocycles. The van der Waals surface area contributed by atoms with E-state index >= 15 is 0 Å². The third-order valence-electron chi connectivity index (χ3n) is 2.17. The van der Waals surface area contributed by atoms with Crippen LogP contribution in [0.4, 0.5) is 10.9 Å². The Labute approximate surface area is 118 Å². The maximum Gasteiger partial charge on any atom is 0.188 e. The van der Waals surface area contributed by atoms with E-state index in [1.54, 1.807) is 17.5 Å². The standard InChI is InChI=1S/C11H13IN4S/c1-11(2,3)8-5-17-10(15-8)16-9-7(12)4-13-6-14-9/h4-6H,1-3H3,(H,13,14,15,16). The number of thiazole rings is 1. The van der Waals surface area contributed by atoms with E-state index in [4.69, 9.17) is 0 Å². The van der Waals surface area contributed by atoms with E-state index in [9.17, 15) is 0 Å². The van der Waals surface area contributed by atoms with E-state index in [1.165, 1.54) is 6.33 Å². The van der Waals surface area contributed by atoms with Gasteiger partial charge in [-0.1, -0.05) is 20.8 Å². The number of nitrogens with zero attached hydrogens (tertiary/aromatic N) is 3. The molecule has 0 aliphatic rings. The Hall–Kier alpha value is -0.760. The van der Waals surface area contributed by atoms with Crippen molar-refractivity contribution in [2.45, 2.75) is 26.2 Å². The summed E-state index contributed by atoms with van der Waals surface area (Å²) in [6, 6.07) is 0. The second-order valence-corrected chi connectivity index (χ2v) is 6.65. The van der Waals surface area contributed by atoms with Gasteiger partial charge in [-0.15, -0.1) is 11.3 Å². The van der Waals surface area contributed by atoms with E-state index < -0.39 is 0 Å². The van der Waals surface area contributed by atoms with Crippen molar-refractivity contribution in [1.82, 2.24) is 15.0 Å². The smallest absolute Gasteiger partial charge is 0.188 e. The molecular weight excluding hydrogens is 347 g/mol. The first-order valence-electron chi connectivity index (χ1n) is 5.15. The molecule has 0 fully saturated rings. The number of hydrogen-bond acceptors (Lipinski definition) is 5. The molecule has 0 unspecified atom stereocenters. The minimum Gasteiger partial charge on any atom is -0.315 e. The monoisotopic (exact) mass is 360 g/mol. The van der Waals surface area contributed by atoms with Crippen LogP contribution in [0, 0.1) is 3.57 Å². The van der Waals surface area contributed by atoms with Crippen molar-refractivity contribution in [2.75, 3.05) is 5.32 Å². The van der Waals surface area contributed by atoms with Crippen LogP contribution in [0.1, 0.15) is 26.5 Å². The molecule has 0 saturated heterocycles. The highest BCUT2D eigenvalue weighted by atomic mass is 127. The SMILES string of the molecule is CC(C)(C)c1csc(Nc2ncncc2I)n1. The van der Waals surface area contributed by atoms with Crippen molar-refractivity contribution in [3.8, 4) is 0 Å². The fourth-order valence-electron chi connectivity index (χ4n) is 1.18. The third-order valence-corrected chi connectivity index (χ3v) is 3.71. The fourth-order valence-corrected chi connectivity index (χ4v) is 2.55. The summed E-state index contributed by atoms with van der Waals surface area (Å²) in [5, 5.41) is 6.16. The summed E-state index contributed by atoms with van der Waals surface area (Å²) in [6.45, 7) is 6.46. The van der Waals surface area contributed by atoms with Gasteiger partial charge in [-0.25, -0.2) is 15.0 Å². The predicted molar refractivity (Wildman–Crippen MR) is 78.8 cm³/mol. The first kappa shape index (κ1) is 12.7. The summed E-state index contributed by atoms with van der Waals surface area (Å²) in [5.74, 6) is 0.801. The molecular formula is C11H13IN4S. The lowest BCUT2D eigenvalue weighted by molar-refractivity contribution is 0.573. The van der Waals surface area contributed by atoms with Crippen molar-refractivity contribution in [2.24, 2.45) is 0 Å². The molecule has 0 saturated carbocycles. The van der Waals surface area contributed by atoms with Crippen molar-refractivity contribution in [3.05, 3.63) is 27.2 Å². The molecule has 90 valence electrons. The molecule has 0 radical (unpaired) electrons. The Balaban J connectivity index is 2.21. The fraction of sp³-hybridized carbons (Fsp3) is 0.364. The molecule has 6 heteroatoms. The molecule has 0 spiro atoms. The lowest BCUT2D eigenvalue weighted by atomic mass is 9.93. The van der Waals surface area contributed by atoms with Gasteiger partial charge in [0.1, 0.15) is 12.1 Å². The Morgan fingerprint density at radius 2 is 2.12 bits per heavy atom. The summed E-state index contributed by atoms with van der Waals surface area (Å²) in [4.78, 5) is 12.7. The summed E-state index contributed by atoms with van der Waals surface area (Å²) < 4.78 is 0.984. The molecule has 0 aliphatic carbocycles. The molecule has 2 aromatic heterocycles. The molecule has 4 nitrogen and oxygen atoms in total. The molecule has 0 amide bonds. The van der Waals surface area contributed by atoms with E-state index in [-0.39, 0.29) is 5.41 Å². The largest absolute Gasteiger partial charge is 0.315 e. The van der Waals surface area contributed by atoms with Gasteiger partial charge in [0.15, 0.2) is 5.13 Å². The predicted octanol–water partition coefficient (Wildman–Crippen LogP) is 3.58. The van der Waals surface area contributed by atoms with Crippen LogP contribution >= 0.6 is 33.9 Å². The van der Waals surface area contributed by atoms with Gasteiger partial charge in [-0.2, -0.15) is 0 Å². The highest BCUT2D eigenvalue weighted by molar-refractivity contribution is 14.1. The molecule has 2 aromatic rings. The van der Waals surface area contributed by atoms with Crippen LogP contribution in [-0.2, 0) is 5.41 Å². The second kappa shape index (κ2) is 4.85. The van der Waals surface area contributed by atoms with Gasteiger partial charge in [-0.05, 0) is 22.6 Å². The van der Waals surface area contributed by atoms with Crippen molar-refractivity contribution in [1.29, 1.82) is 0 Å². The van der Waals surface area contributed by atoms with Crippen molar-refractivity contribution < 1.29 is 0 Å². The number of anilines is 2. The number of aromatic nitrogens is 3. The van der Waals surface area contributed by atoms with Crippen LogP contribution in [0.25, 0.3) is 0 Å². The van der Waals surface area contributed by atoms with Crippen molar-refractivity contribution in [3.63, 3.8) is 0 Å². The van der Waals surface area contributed by atoms with E-state index in [0.29, 0.717) is 0 Å². The molecule has 0 aromatic carbocycles. The lowest BCUT2D eigenvalue weighted by Crippen LogP contribution is -2.11. The molecule has 0 atom stereocenters. The van der Waals surface area contributed by atoms with E-state index in [0.717, 1.165) is 20.2 Å². The average molecular weight is 360 g/mol. The third kappa shape index (κ3) is 3.12. The normalized spacial score (nSPS) is 11.5. The molecule has 17 heavy (non-hydrogen) atoms. The topological polar surface area (TPSA) is 50.7 Å². The highest BCUT2D eigenvalue weighted by Crippen LogP contribution is 2.28. The molecule has 1 N–H and O–H groups in total. The van der Waals surface area contributed by atoms with Crippen LogP contribution in [0.2, 0.25) is 0 Å². The van der Waals surface area contributed by atoms with Gasteiger partial charge in [0.2, 0.25) is 0 Å². The first-order valence-corrected chi connectivity index (χ1v) is 7.11. The summed E-state index contributed by atoms with van der Waals surface area (Å²) in [6.07, 6.45) is 3.30. The van der Waals surface area contributed by atoms with Crippen LogP contribution in [-0.4, -0.2) is 15.0 Å². The number of halogens is 1. The zero-order chi connectivity index (χ0) is 12.5. The molecule has 0 bridgehead atoms. The van der Waals surface area contributed by atoms with Crippen LogP contribution in [0.15, 0.2) is 17.9 Å². The van der Waals surface area contributed by atoms with Crippen LogP contribution in [0.3, 0.4) is 0 Å². The van der Waals surface area contributed by atoms with Gasteiger partial charge in [-0.3, -0.25) is 0 Å². The molecule has 0 aliphatic heterocycles. The summed E-state index contributed by atoms with van der Waals surface area (Å²) in [5.41, 5.74) is 1.17. The zero-order valence-corrected chi connectivity index (χ0v) is 12.8. The molecule has 2 rings (SSSR count). The first-order chi connectivity index (χ1) is 7.97. The maximum absolute atomic E-state index is 4.56. The Kier molecular flexibility index (Phi) is 3.62. The maximum atomic E-state index is 4.56. The van der Waals surface area contributed by atoms with Crippen LogP contribution < -0.4 is 5.32 Å². The zero-order valence-electron chi connectivity index (χ0n) is 9.86. The number of nitrogens with one attached hydrogen (secondary N) is 1. The summed E-state index contributed by atoms with van der Waals surface area (Å²) in [7, 11) is 0. The van der Waals surface area contributed by atoms with E-state index in [1.807, 2.05) is 0 Å². The Morgan fingerprint density at radius 1 is 1.35 bits per heavy atom. The van der Waals surface area contributed by atoms with E-state index in [2.05, 4.69) is 69.0 Å². The number of rotatable bonds is 2. The van der Waals surface area contributed by atoms with Gasteiger partial charge < -0.3 is 5.32 Å². The van der Waals surface area contributed by atoms with Gasteiger partial charge in [0.05, 0.1) is 9.26 Å². The average Bonchev–Trinajstić information content (AvgIpc) is 2.69. The Bertz CT molecular complexity index is 518. The van der Waals surface area contributed by atoms with Gasteiger partial charge in [0.25, 0.3) is 0 Å². The van der Waals surface area contributed by atoms with Gasteiger partial charge in [0, 0.05) is 17.0 Å². The minimum atomic E-state index is 0.0786. The quantitative estimate of drug-likeness (QED) is 0.832. The second-order valence-electron chi connectivity index (χ2n) is 4.63. The Morgan fingerprint density at radius 3 is 2.71 bits per heavy atom. The minimum absolute atomic E-state index is 0.0786. The highest BCUT2D eigenvalue weighted by Gasteiger charge is 2.17.